The van der Waals surface area contributed by atoms with Gasteiger partial charge in [0, 0.05) is 17.7 Å². The first-order valence-electron chi connectivity index (χ1n) is 6.49. The van der Waals surface area contributed by atoms with E-state index >= 15 is 0 Å². The van der Waals surface area contributed by atoms with E-state index in [1.54, 1.807) is 0 Å². The summed E-state index contributed by atoms with van der Waals surface area (Å²) >= 11 is 0. The number of aryl methyl sites for hydroxylation is 2. The number of hydrogen-bond donors (Lipinski definition) is 3. The third-order valence-corrected chi connectivity index (χ3v) is 3.84. The Kier molecular flexibility index (Phi) is 3.71. The van der Waals surface area contributed by atoms with Gasteiger partial charge in [0.1, 0.15) is 11.5 Å². The lowest BCUT2D eigenvalue weighted by molar-refractivity contribution is 0.0876. The first kappa shape index (κ1) is 13.1. The third kappa shape index (κ3) is 2.56. The smallest absolute Gasteiger partial charge is 0.271 e. The predicted molar refractivity (Wildman–Crippen MR) is 68.4 cm³/mol. The van der Waals surface area contributed by atoms with Crippen molar-refractivity contribution in [1.29, 1.82) is 0 Å². The zero-order chi connectivity index (χ0) is 13.2. The number of H-pyrrole nitrogens is 1. The summed E-state index contributed by atoms with van der Waals surface area (Å²) in [6.45, 7) is 4.35. The Labute approximate surface area is 107 Å². The number of hydrogen-bond acceptors (Lipinski definition) is 3. The van der Waals surface area contributed by atoms with Crippen molar-refractivity contribution in [3.8, 4) is 0 Å². The van der Waals surface area contributed by atoms with Crippen LogP contribution in [0.3, 0.4) is 0 Å². The summed E-state index contributed by atoms with van der Waals surface area (Å²) in [5.74, 6) is 0.590. The van der Waals surface area contributed by atoms with Crippen molar-refractivity contribution in [2.75, 3.05) is 13.2 Å². The number of nitrogens with one attached hydrogen (secondary N) is 2. The van der Waals surface area contributed by atoms with Gasteiger partial charge in [-0.05, 0) is 26.7 Å². The van der Waals surface area contributed by atoms with Crippen LogP contribution in [0.25, 0.3) is 0 Å². The summed E-state index contributed by atoms with van der Waals surface area (Å²) < 4.78 is 0. The van der Waals surface area contributed by atoms with Gasteiger partial charge in [0.15, 0.2) is 0 Å². The number of amides is 1. The standard InChI is InChI=1S/C13H21N3O2/c1-9-11(16-10(2)15-9)12(18)14-7-13(8-17)5-3-4-6-13/h17H,3-8H2,1-2H3,(H,14,18)(H,15,16). The second-order valence-electron chi connectivity index (χ2n) is 5.34. The van der Waals surface area contributed by atoms with Crippen LogP contribution < -0.4 is 5.32 Å². The van der Waals surface area contributed by atoms with E-state index in [0.717, 1.165) is 37.2 Å². The van der Waals surface area contributed by atoms with Crippen molar-refractivity contribution in [2.45, 2.75) is 39.5 Å². The van der Waals surface area contributed by atoms with Crippen LogP contribution in [0.5, 0.6) is 0 Å². The van der Waals surface area contributed by atoms with Crippen LogP contribution in [-0.4, -0.2) is 34.1 Å². The monoisotopic (exact) mass is 251 g/mol. The van der Waals surface area contributed by atoms with Crippen LogP contribution in [0, 0.1) is 19.3 Å². The van der Waals surface area contributed by atoms with Crippen molar-refractivity contribution in [2.24, 2.45) is 5.41 Å². The van der Waals surface area contributed by atoms with E-state index in [0.29, 0.717) is 12.2 Å². The fraction of sp³-hybridized carbons (Fsp3) is 0.692. The van der Waals surface area contributed by atoms with E-state index in [4.69, 9.17) is 0 Å². The molecule has 1 aliphatic carbocycles. The molecule has 0 unspecified atom stereocenters. The molecule has 5 heteroatoms. The van der Waals surface area contributed by atoms with Crippen molar-refractivity contribution in [1.82, 2.24) is 15.3 Å². The fourth-order valence-corrected chi connectivity index (χ4v) is 2.70. The molecule has 1 aromatic rings. The number of aliphatic hydroxyl groups is 1. The Balaban J connectivity index is 1.98. The molecular weight excluding hydrogens is 230 g/mol. The zero-order valence-corrected chi connectivity index (χ0v) is 11.0. The summed E-state index contributed by atoms with van der Waals surface area (Å²) in [7, 11) is 0. The van der Waals surface area contributed by atoms with Gasteiger partial charge in [0.25, 0.3) is 5.91 Å². The molecule has 1 heterocycles. The van der Waals surface area contributed by atoms with E-state index in [2.05, 4.69) is 15.3 Å². The number of rotatable bonds is 4. The molecule has 0 bridgehead atoms. The predicted octanol–water partition coefficient (Wildman–Crippen LogP) is 1.31. The number of aromatic amines is 1. The van der Waals surface area contributed by atoms with Crippen LogP contribution >= 0.6 is 0 Å². The molecule has 1 aromatic heterocycles. The minimum Gasteiger partial charge on any atom is -0.396 e. The first-order chi connectivity index (χ1) is 8.56. The van der Waals surface area contributed by atoms with E-state index in [1.807, 2.05) is 13.8 Å². The van der Waals surface area contributed by atoms with Crippen molar-refractivity contribution in [3.63, 3.8) is 0 Å². The summed E-state index contributed by atoms with van der Waals surface area (Å²) in [6, 6.07) is 0. The molecule has 1 aliphatic rings. The molecule has 3 N–H and O–H groups in total. The fourth-order valence-electron chi connectivity index (χ4n) is 2.70. The minimum absolute atomic E-state index is 0.116. The topological polar surface area (TPSA) is 78.0 Å². The lowest BCUT2D eigenvalue weighted by Gasteiger charge is -2.26. The molecule has 2 rings (SSSR count). The third-order valence-electron chi connectivity index (χ3n) is 3.84. The molecule has 18 heavy (non-hydrogen) atoms. The number of aromatic nitrogens is 2. The lowest BCUT2D eigenvalue weighted by Crippen LogP contribution is -2.38. The molecule has 100 valence electrons. The van der Waals surface area contributed by atoms with Gasteiger partial charge in [-0.3, -0.25) is 4.79 Å². The van der Waals surface area contributed by atoms with E-state index in [9.17, 15) is 9.90 Å². The Morgan fingerprint density at radius 2 is 2.11 bits per heavy atom. The van der Waals surface area contributed by atoms with Gasteiger partial charge < -0.3 is 15.4 Å². The van der Waals surface area contributed by atoms with Gasteiger partial charge in [-0.25, -0.2) is 4.98 Å². The lowest BCUT2D eigenvalue weighted by atomic mass is 9.87. The van der Waals surface area contributed by atoms with Crippen LogP contribution in [0.2, 0.25) is 0 Å². The van der Waals surface area contributed by atoms with Crippen molar-refractivity contribution < 1.29 is 9.90 Å². The second-order valence-corrected chi connectivity index (χ2v) is 5.34. The van der Waals surface area contributed by atoms with Crippen molar-refractivity contribution in [3.05, 3.63) is 17.2 Å². The van der Waals surface area contributed by atoms with Crippen LogP contribution in [0.1, 0.15) is 47.7 Å². The number of imidazole rings is 1. The first-order valence-corrected chi connectivity index (χ1v) is 6.49. The molecule has 1 fully saturated rings. The van der Waals surface area contributed by atoms with Gasteiger partial charge >= 0.3 is 0 Å². The Bertz CT molecular complexity index is 433. The number of carbonyl (C=O) groups excluding carboxylic acids is 1. The molecule has 0 atom stereocenters. The van der Waals surface area contributed by atoms with Gasteiger partial charge in [-0.1, -0.05) is 12.8 Å². The average molecular weight is 251 g/mol. The molecular formula is C13H21N3O2. The Hall–Kier alpha value is -1.36. The molecule has 5 nitrogen and oxygen atoms in total. The van der Waals surface area contributed by atoms with Gasteiger partial charge in [-0.15, -0.1) is 0 Å². The number of aliphatic hydroxyl groups excluding tert-OH is 1. The van der Waals surface area contributed by atoms with E-state index in [1.165, 1.54) is 0 Å². The maximum Gasteiger partial charge on any atom is 0.271 e. The van der Waals surface area contributed by atoms with Gasteiger partial charge in [0.05, 0.1) is 6.61 Å². The Morgan fingerprint density at radius 3 is 2.61 bits per heavy atom. The second kappa shape index (κ2) is 5.10. The highest BCUT2D eigenvalue weighted by molar-refractivity contribution is 5.93. The molecule has 0 aliphatic heterocycles. The highest BCUT2D eigenvalue weighted by Gasteiger charge is 2.33. The van der Waals surface area contributed by atoms with Crippen molar-refractivity contribution >= 4 is 5.91 Å². The maximum absolute atomic E-state index is 12.0. The summed E-state index contributed by atoms with van der Waals surface area (Å²) in [5, 5.41) is 12.4. The average Bonchev–Trinajstić information content (AvgIpc) is 2.94. The van der Waals surface area contributed by atoms with Gasteiger partial charge in [0.2, 0.25) is 0 Å². The van der Waals surface area contributed by atoms with E-state index in [-0.39, 0.29) is 17.9 Å². The number of nitrogens with zero attached hydrogens (tertiary/aromatic N) is 1. The summed E-state index contributed by atoms with van der Waals surface area (Å²) in [4.78, 5) is 19.2. The molecule has 0 saturated heterocycles. The Morgan fingerprint density at radius 1 is 1.44 bits per heavy atom. The maximum atomic E-state index is 12.0. The molecule has 1 saturated carbocycles. The summed E-state index contributed by atoms with van der Waals surface area (Å²) in [5.41, 5.74) is 1.13. The molecule has 0 aromatic carbocycles. The molecule has 1 amide bonds. The van der Waals surface area contributed by atoms with Gasteiger partial charge in [-0.2, -0.15) is 0 Å². The quantitative estimate of drug-likeness (QED) is 0.755. The normalized spacial score (nSPS) is 17.9. The minimum atomic E-state index is -0.156. The van der Waals surface area contributed by atoms with Crippen LogP contribution in [-0.2, 0) is 0 Å². The SMILES string of the molecule is Cc1nc(C(=O)NCC2(CO)CCCC2)c(C)[nH]1. The van der Waals surface area contributed by atoms with Crippen LogP contribution in [0.4, 0.5) is 0 Å². The largest absolute Gasteiger partial charge is 0.396 e. The highest BCUT2D eigenvalue weighted by atomic mass is 16.3. The molecule has 0 spiro atoms. The highest BCUT2D eigenvalue weighted by Crippen LogP contribution is 2.36. The zero-order valence-electron chi connectivity index (χ0n) is 11.0. The molecule has 0 radical (unpaired) electrons. The number of carbonyl (C=O) groups is 1. The van der Waals surface area contributed by atoms with Crippen LogP contribution in [0.15, 0.2) is 0 Å². The summed E-state index contributed by atoms with van der Waals surface area (Å²) in [6.07, 6.45) is 4.25. The van der Waals surface area contributed by atoms with E-state index < -0.39 is 0 Å².